The number of amides is 2. The number of aliphatic hydroxyl groups excluding tert-OH is 9. The first-order chi connectivity index (χ1) is 35.3. The molecule has 0 aromatic heterocycles. The summed E-state index contributed by atoms with van der Waals surface area (Å²) in [6.07, 6.45) is 20.1. The zero-order chi connectivity index (χ0) is 53.6. The molecule has 73 heavy (non-hydrogen) atoms. The molecular formula is C56H108N2O15. The monoisotopic (exact) mass is 1050 g/mol. The van der Waals surface area contributed by atoms with Gasteiger partial charge in [-0.2, -0.15) is 0 Å². The fourth-order valence-electron chi connectivity index (χ4n) is 10.2. The summed E-state index contributed by atoms with van der Waals surface area (Å²) < 4.78 is 23.2. The van der Waals surface area contributed by atoms with E-state index >= 15 is 0 Å². The molecule has 17 nitrogen and oxygen atoms in total. The van der Waals surface area contributed by atoms with Gasteiger partial charge in [0, 0.05) is 6.92 Å². The second-order valence-electron chi connectivity index (χ2n) is 21.4. The zero-order valence-electron chi connectivity index (χ0n) is 45.7. The molecule has 11 N–H and O–H groups in total. The van der Waals surface area contributed by atoms with Gasteiger partial charge in [-0.25, -0.2) is 0 Å². The van der Waals surface area contributed by atoms with Gasteiger partial charge < -0.3 is 75.5 Å². The predicted octanol–water partition coefficient (Wildman–Crippen LogP) is 6.64. The Morgan fingerprint density at radius 2 is 0.904 bits per heavy atom. The van der Waals surface area contributed by atoms with Crippen LogP contribution in [0.1, 0.15) is 239 Å². The van der Waals surface area contributed by atoms with Crippen LogP contribution in [0.2, 0.25) is 0 Å². The molecule has 0 bridgehead atoms. The van der Waals surface area contributed by atoms with E-state index in [1.54, 1.807) is 0 Å². The Morgan fingerprint density at radius 3 is 1.32 bits per heavy atom. The van der Waals surface area contributed by atoms with Crippen LogP contribution in [0, 0.1) is 0 Å². The highest BCUT2D eigenvalue weighted by molar-refractivity contribution is 5.80. The van der Waals surface area contributed by atoms with E-state index in [4.69, 9.17) is 18.9 Å². The van der Waals surface area contributed by atoms with Crippen LogP contribution in [0.25, 0.3) is 0 Å². The van der Waals surface area contributed by atoms with Crippen LogP contribution in [0.15, 0.2) is 0 Å². The molecule has 2 fully saturated rings. The molecule has 2 heterocycles. The van der Waals surface area contributed by atoms with Gasteiger partial charge >= 0.3 is 0 Å². The molecule has 2 aliphatic rings. The maximum absolute atomic E-state index is 13.4. The summed E-state index contributed by atoms with van der Waals surface area (Å²) in [6, 6.07) is -2.67. The maximum Gasteiger partial charge on any atom is 0.249 e. The highest BCUT2D eigenvalue weighted by Crippen LogP contribution is 2.30. The molecule has 2 saturated heterocycles. The van der Waals surface area contributed by atoms with Gasteiger partial charge in [0.05, 0.1) is 32.0 Å². The van der Waals surface area contributed by atoms with E-state index in [1.165, 1.54) is 148 Å². The zero-order valence-corrected chi connectivity index (χ0v) is 45.7. The molecule has 0 aromatic rings. The number of rotatable bonds is 46. The summed E-state index contributed by atoms with van der Waals surface area (Å²) in [5.41, 5.74) is 0. The molecule has 14 unspecified atom stereocenters. The fraction of sp³-hybridized carbons (Fsp3) is 0.964. The summed E-state index contributed by atoms with van der Waals surface area (Å²) in [7, 11) is 0. The van der Waals surface area contributed by atoms with Crippen LogP contribution in [0.5, 0.6) is 0 Å². The van der Waals surface area contributed by atoms with Crippen molar-refractivity contribution in [2.75, 3.05) is 19.8 Å². The van der Waals surface area contributed by atoms with Crippen molar-refractivity contribution in [1.82, 2.24) is 10.6 Å². The van der Waals surface area contributed by atoms with Crippen LogP contribution in [-0.4, -0.2) is 163 Å². The van der Waals surface area contributed by atoms with E-state index in [0.29, 0.717) is 12.8 Å². The number of ether oxygens (including phenoxy) is 4. The molecule has 2 aliphatic heterocycles. The third-order valence-corrected chi connectivity index (χ3v) is 14.9. The predicted molar refractivity (Wildman–Crippen MR) is 282 cm³/mol. The molecule has 0 spiro atoms. The summed E-state index contributed by atoms with van der Waals surface area (Å²) in [6.45, 7) is 3.60. The second-order valence-corrected chi connectivity index (χ2v) is 21.4. The van der Waals surface area contributed by atoms with Gasteiger partial charge in [0.25, 0.3) is 0 Å². The summed E-state index contributed by atoms with van der Waals surface area (Å²) in [5, 5.41) is 102. The molecule has 0 radical (unpaired) electrons. The Kier molecular flexibility index (Phi) is 39.3. The molecule has 2 rings (SSSR count). The maximum atomic E-state index is 13.4. The number of unbranched alkanes of at least 4 members (excludes halogenated alkanes) is 30. The van der Waals surface area contributed by atoms with E-state index in [9.17, 15) is 55.5 Å². The number of hydrogen-bond acceptors (Lipinski definition) is 15. The lowest BCUT2D eigenvalue weighted by atomic mass is 9.95. The third kappa shape index (κ3) is 28.6. The van der Waals surface area contributed by atoms with Gasteiger partial charge in [-0.1, -0.05) is 219 Å². The second kappa shape index (κ2) is 42.4. The number of hydrogen-bond donors (Lipinski definition) is 11. The first kappa shape index (κ1) is 67.5. The first-order valence-electron chi connectivity index (χ1n) is 29.4. The van der Waals surface area contributed by atoms with Crippen molar-refractivity contribution < 1.29 is 74.5 Å². The van der Waals surface area contributed by atoms with Gasteiger partial charge in [-0.05, 0) is 12.8 Å². The van der Waals surface area contributed by atoms with Crippen molar-refractivity contribution in [1.29, 1.82) is 0 Å². The fourth-order valence-corrected chi connectivity index (χ4v) is 10.2. The third-order valence-electron chi connectivity index (χ3n) is 14.9. The van der Waals surface area contributed by atoms with Crippen molar-refractivity contribution in [3.05, 3.63) is 0 Å². The smallest absolute Gasteiger partial charge is 0.249 e. The SMILES string of the molecule is CCCCCCCCCCCCCCCCCCCC(O)C(=O)NC(COC1OC(CO)C(OC2OC(CO)C(O)C(O)C2NC(C)=O)C(O)C1O)C(O)C(O)CCCCCCCCCCCCCCCCC. The Hall–Kier alpha value is -1.58. The average molecular weight is 1050 g/mol. The van der Waals surface area contributed by atoms with E-state index < -0.39 is 117 Å². The number of aliphatic hydroxyl groups is 9. The first-order valence-corrected chi connectivity index (χ1v) is 29.4. The van der Waals surface area contributed by atoms with E-state index in [2.05, 4.69) is 24.5 Å². The van der Waals surface area contributed by atoms with Crippen LogP contribution < -0.4 is 10.6 Å². The van der Waals surface area contributed by atoms with Gasteiger partial charge in [0.1, 0.15) is 61.0 Å². The Balaban J connectivity index is 1.92. The van der Waals surface area contributed by atoms with E-state index in [1.807, 2.05) is 0 Å². The minimum atomic E-state index is -1.86. The van der Waals surface area contributed by atoms with Crippen LogP contribution >= 0.6 is 0 Å². The van der Waals surface area contributed by atoms with Gasteiger partial charge in [0.15, 0.2) is 12.6 Å². The lowest BCUT2D eigenvalue weighted by molar-refractivity contribution is -0.347. The van der Waals surface area contributed by atoms with Gasteiger partial charge in [0.2, 0.25) is 11.8 Å². The average Bonchev–Trinajstić information content (AvgIpc) is 3.38. The highest BCUT2D eigenvalue weighted by Gasteiger charge is 2.51. The molecule has 14 atom stereocenters. The number of carbonyl (C=O) groups is 2. The van der Waals surface area contributed by atoms with Crippen molar-refractivity contribution in [2.24, 2.45) is 0 Å². The van der Waals surface area contributed by atoms with Crippen molar-refractivity contribution in [2.45, 2.75) is 325 Å². The highest BCUT2D eigenvalue weighted by atomic mass is 16.7. The quantitative estimate of drug-likeness (QED) is 0.0285. The Morgan fingerprint density at radius 1 is 0.507 bits per heavy atom. The molecular weight excluding hydrogens is 941 g/mol. The normalized spacial score (nSPS) is 26.1. The molecule has 2 amide bonds. The number of nitrogens with one attached hydrogen (secondary N) is 2. The lowest BCUT2D eigenvalue weighted by Crippen LogP contribution is -2.67. The minimum absolute atomic E-state index is 0.203. The Labute approximate surface area is 440 Å². The molecule has 0 saturated carbocycles. The summed E-state index contributed by atoms with van der Waals surface area (Å²) >= 11 is 0. The van der Waals surface area contributed by atoms with E-state index in [0.717, 1.165) is 51.9 Å². The lowest BCUT2D eigenvalue weighted by Gasteiger charge is -2.47. The van der Waals surface area contributed by atoms with Crippen LogP contribution in [-0.2, 0) is 28.5 Å². The number of carbonyl (C=O) groups excluding carboxylic acids is 2. The molecule has 0 aromatic carbocycles. The van der Waals surface area contributed by atoms with Crippen molar-refractivity contribution >= 4 is 11.8 Å². The molecule has 17 heteroatoms. The summed E-state index contributed by atoms with van der Waals surface area (Å²) in [5.74, 6) is -1.37. The van der Waals surface area contributed by atoms with Crippen LogP contribution in [0.3, 0.4) is 0 Å². The largest absolute Gasteiger partial charge is 0.394 e. The van der Waals surface area contributed by atoms with Crippen LogP contribution in [0.4, 0.5) is 0 Å². The Bertz CT molecular complexity index is 1340. The van der Waals surface area contributed by atoms with Crippen molar-refractivity contribution in [3.8, 4) is 0 Å². The topological polar surface area (TPSA) is 277 Å². The minimum Gasteiger partial charge on any atom is -0.394 e. The molecule has 432 valence electrons. The van der Waals surface area contributed by atoms with Gasteiger partial charge in [-0.3, -0.25) is 9.59 Å². The molecule has 0 aliphatic carbocycles. The van der Waals surface area contributed by atoms with Gasteiger partial charge in [-0.15, -0.1) is 0 Å². The van der Waals surface area contributed by atoms with Crippen molar-refractivity contribution in [3.63, 3.8) is 0 Å². The van der Waals surface area contributed by atoms with E-state index in [-0.39, 0.29) is 12.8 Å². The standard InChI is InChI=1S/C56H108N2O15/c1-4-6-8-10-12-14-16-18-20-21-23-25-27-29-31-33-35-37-44(63)54(69)58-42(48(64)43(62)36-34-32-30-28-26-24-22-19-17-15-13-11-9-7-5-2)40-70-56-52(68)51(67)53(46(39-60)72-56)73-55-47(57-41(3)61)50(66)49(65)45(38-59)71-55/h42-53,55-56,59-60,62-68H,4-40H2,1-3H3,(H,57,61)(H,58,69). The summed E-state index contributed by atoms with van der Waals surface area (Å²) in [4.78, 5) is 25.4.